The molecule has 0 spiro atoms. The molecule has 9 heteroatoms. The van der Waals surface area contributed by atoms with Crippen molar-refractivity contribution in [1.82, 2.24) is 0 Å². The third-order valence-corrected chi connectivity index (χ3v) is 5.41. The largest absolute Gasteiger partial charge is 0.438 e. The van der Waals surface area contributed by atoms with E-state index in [4.69, 9.17) is 18.9 Å². The molecule has 0 saturated heterocycles. The summed E-state index contributed by atoms with van der Waals surface area (Å²) in [6.07, 6.45) is 2.12. The van der Waals surface area contributed by atoms with E-state index in [1.165, 1.54) is 6.92 Å². The maximum Gasteiger partial charge on any atom is 0.382 e. The lowest BCUT2D eigenvalue weighted by atomic mass is 9.98. The molecule has 2 N–H and O–H groups in total. The second-order valence-corrected chi connectivity index (χ2v) is 9.67. The van der Waals surface area contributed by atoms with Gasteiger partial charge in [-0.05, 0) is 58.4 Å². The molecule has 1 atom stereocenters. The van der Waals surface area contributed by atoms with Crippen molar-refractivity contribution < 1.29 is 33.0 Å². The number of aliphatic hydroxyl groups excluding tert-OH is 1. The second-order valence-electron chi connectivity index (χ2n) is 7.56. The smallest absolute Gasteiger partial charge is 0.382 e. The molecule has 1 aromatic rings. The number of esters is 1. The molecule has 1 unspecified atom stereocenters. The Bertz CT molecular complexity index is 766. The van der Waals surface area contributed by atoms with Gasteiger partial charge in [-0.15, -0.1) is 0 Å². The van der Waals surface area contributed by atoms with Crippen LogP contribution in [0.4, 0.5) is 5.69 Å². The van der Waals surface area contributed by atoms with Gasteiger partial charge in [0.25, 0.3) is 0 Å². The van der Waals surface area contributed by atoms with Gasteiger partial charge >= 0.3 is 13.6 Å². The first kappa shape index (κ1) is 24.9. The zero-order chi connectivity index (χ0) is 22.1. The van der Waals surface area contributed by atoms with Crippen LogP contribution in [0.3, 0.4) is 0 Å². The number of benzene rings is 1. The van der Waals surface area contributed by atoms with Gasteiger partial charge in [-0.25, -0.2) is 4.57 Å². The van der Waals surface area contributed by atoms with Crippen molar-refractivity contribution in [1.29, 1.82) is 0 Å². The van der Waals surface area contributed by atoms with Crippen LogP contribution in [0.5, 0.6) is 5.75 Å². The minimum Gasteiger partial charge on any atom is -0.438 e. The van der Waals surface area contributed by atoms with E-state index in [-0.39, 0.29) is 24.4 Å². The Morgan fingerprint density at radius 3 is 2.31 bits per heavy atom. The predicted octanol–water partition coefficient (Wildman–Crippen LogP) is 4.11. The SMILES string of the molecule is CC(=O)Nc1ccc(OP(=O)(CC/C=C(\C)CO)OCOC(=O)C(C)(C)C)cc1. The zero-order valence-corrected chi connectivity index (χ0v) is 18.5. The van der Waals surface area contributed by atoms with Crippen LogP contribution in [-0.2, 0) is 23.4 Å². The Hall–Kier alpha value is -2.15. The highest BCUT2D eigenvalue weighted by Crippen LogP contribution is 2.49. The average Bonchev–Trinajstić information content (AvgIpc) is 2.62. The molecule has 8 nitrogen and oxygen atoms in total. The number of allylic oxidation sites excluding steroid dienone is 1. The van der Waals surface area contributed by atoms with Gasteiger partial charge in [-0.1, -0.05) is 11.6 Å². The van der Waals surface area contributed by atoms with Gasteiger partial charge in [0.2, 0.25) is 12.7 Å². The molecule has 0 bridgehead atoms. The molecule has 0 aromatic heterocycles. The lowest BCUT2D eigenvalue weighted by Gasteiger charge is -2.21. The fourth-order valence-corrected chi connectivity index (χ4v) is 3.38. The van der Waals surface area contributed by atoms with Crippen LogP contribution in [-0.4, -0.2) is 36.5 Å². The van der Waals surface area contributed by atoms with Crippen LogP contribution in [0.1, 0.15) is 41.0 Å². The fourth-order valence-electron chi connectivity index (χ4n) is 2.01. The molecule has 1 rings (SSSR count). The summed E-state index contributed by atoms with van der Waals surface area (Å²) < 4.78 is 29.1. The van der Waals surface area contributed by atoms with Gasteiger partial charge in [0.1, 0.15) is 5.75 Å². The number of amides is 1. The molecule has 0 aliphatic carbocycles. The first-order chi connectivity index (χ1) is 13.4. The van der Waals surface area contributed by atoms with E-state index < -0.39 is 25.8 Å². The minimum absolute atomic E-state index is 0.0326. The standard InChI is InChI=1S/C20H30NO7P/c1-15(13-22)7-6-12-29(25,27-14-26-19(24)20(3,4)5)28-18-10-8-17(9-11-18)21-16(2)23/h7-11,22H,6,12-14H2,1-5H3,(H,21,23)/b15-7+. The topological polar surface area (TPSA) is 111 Å². The van der Waals surface area contributed by atoms with Crippen LogP contribution in [0.15, 0.2) is 35.9 Å². The van der Waals surface area contributed by atoms with E-state index in [0.29, 0.717) is 12.1 Å². The van der Waals surface area contributed by atoms with Crippen molar-refractivity contribution >= 4 is 25.2 Å². The van der Waals surface area contributed by atoms with Gasteiger partial charge in [0, 0.05) is 12.6 Å². The fraction of sp³-hybridized carbons (Fsp3) is 0.500. The van der Waals surface area contributed by atoms with E-state index in [0.717, 1.165) is 5.57 Å². The van der Waals surface area contributed by atoms with E-state index in [9.17, 15) is 14.2 Å². The summed E-state index contributed by atoms with van der Waals surface area (Å²) >= 11 is 0. The lowest BCUT2D eigenvalue weighted by Crippen LogP contribution is -2.24. The summed E-state index contributed by atoms with van der Waals surface area (Å²) in [5.74, 6) is -0.411. The molecule has 0 heterocycles. The molecule has 1 amide bonds. The van der Waals surface area contributed by atoms with Crippen LogP contribution in [0.25, 0.3) is 0 Å². The minimum atomic E-state index is -3.65. The zero-order valence-electron chi connectivity index (χ0n) is 17.6. The summed E-state index contributed by atoms with van der Waals surface area (Å²) in [5.41, 5.74) is 0.589. The Morgan fingerprint density at radius 2 is 1.79 bits per heavy atom. The molecule has 0 aliphatic heterocycles. The van der Waals surface area contributed by atoms with Crippen molar-refractivity contribution in [2.24, 2.45) is 5.41 Å². The first-order valence-electron chi connectivity index (χ1n) is 9.20. The molecule has 162 valence electrons. The number of nitrogens with one attached hydrogen (secondary N) is 1. The maximum atomic E-state index is 13.1. The molecular weight excluding hydrogens is 397 g/mol. The van der Waals surface area contributed by atoms with Crippen molar-refractivity contribution in [2.75, 3.05) is 24.9 Å². The number of hydrogen-bond donors (Lipinski definition) is 2. The van der Waals surface area contributed by atoms with Crippen LogP contribution >= 0.6 is 7.60 Å². The third-order valence-electron chi connectivity index (χ3n) is 3.62. The molecule has 0 aliphatic rings. The van der Waals surface area contributed by atoms with Crippen molar-refractivity contribution in [3.8, 4) is 5.75 Å². The van der Waals surface area contributed by atoms with E-state index in [1.807, 2.05) is 0 Å². The highest BCUT2D eigenvalue weighted by atomic mass is 31.2. The summed E-state index contributed by atoms with van der Waals surface area (Å²) in [4.78, 5) is 23.0. The van der Waals surface area contributed by atoms with Crippen molar-refractivity contribution in [3.63, 3.8) is 0 Å². The highest BCUT2D eigenvalue weighted by molar-refractivity contribution is 7.54. The predicted molar refractivity (Wildman–Crippen MR) is 111 cm³/mol. The van der Waals surface area contributed by atoms with Crippen molar-refractivity contribution in [3.05, 3.63) is 35.9 Å². The Kier molecular flexibility index (Phi) is 9.56. The van der Waals surface area contributed by atoms with Gasteiger partial charge < -0.3 is 19.7 Å². The molecular formula is C20H30NO7P. The maximum absolute atomic E-state index is 13.1. The van der Waals surface area contributed by atoms with Crippen molar-refractivity contribution in [2.45, 2.75) is 41.0 Å². The lowest BCUT2D eigenvalue weighted by molar-refractivity contribution is -0.159. The van der Waals surface area contributed by atoms with E-state index in [2.05, 4.69) is 5.32 Å². The third kappa shape index (κ3) is 9.74. The van der Waals surface area contributed by atoms with Crippen LogP contribution in [0.2, 0.25) is 0 Å². The quantitative estimate of drug-likeness (QED) is 0.250. The normalized spacial score (nSPS) is 14.1. The Labute approximate surface area is 171 Å². The Balaban J connectivity index is 2.84. The number of hydrogen-bond acceptors (Lipinski definition) is 7. The van der Waals surface area contributed by atoms with Crippen LogP contribution < -0.4 is 9.84 Å². The van der Waals surface area contributed by atoms with Gasteiger partial charge in [0.05, 0.1) is 18.2 Å². The second kappa shape index (κ2) is 11.1. The van der Waals surface area contributed by atoms with Gasteiger partial charge in [-0.2, -0.15) is 0 Å². The summed E-state index contributed by atoms with van der Waals surface area (Å²) in [5, 5.41) is 11.7. The summed E-state index contributed by atoms with van der Waals surface area (Å²) in [6.45, 7) is 7.64. The van der Waals surface area contributed by atoms with Gasteiger partial charge in [-0.3, -0.25) is 14.1 Å². The molecule has 0 saturated carbocycles. The number of carbonyl (C=O) groups is 2. The van der Waals surface area contributed by atoms with Crippen LogP contribution in [0, 0.1) is 5.41 Å². The number of carbonyl (C=O) groups excluding carboxylic acids is 2. The van der Waals surface area contributed by atoms with E-state index >= 15 is 0 Å². The average molecular weight is 427 g/mol. The molecule has 1 aromatic carbocycles. The molecule has 0 fully saturated rings. The Morgan fingerprint density at radius 1 is 1.17 bits per heavy atom. The van der Waals surface area contributed by atoms with Gasteiger partial charge in [0.15, 0.2) is 0 Å². The number of ether oxygens (including phenoxy) is 1. The highest BCUT2D eigenvalue weighted by Gasteiger charge is 2.28. The number of anilines is 1. The monoisotopic (exact) mass is 427 g/mol. The number of aliphatic hydroxyl groups is 1. The summed E-state index contributed by atoms with van der Waals surface area (Å²) in [7, 11) is -3.65. The molecule has 29 heavy (non-hydrogen) atoms. The first-order valence-corrected chi connectivity index (χ1v) is 10.9. The van der Waals surface area contributed by atoms with E-state index in [1.54, 1.807) is 58.0 Å². The molecule has 0 radical (unpaired) electrons. The number of rotatable bonds is 10. The summed E-state index contributed by atoms with van der Waals surface area (Å²) in [6, 6.07) is 6.32.